The van der Waals surface area contributed by atoms with Crippen molar-refractivity contribution in [2.24, 2.45) is 4.99 Å². The van der Waals surface area contributed by atoms with Gasteiger partial charge in [-0.25, -0.2) is 28.7 Å². The normalized spacial score (nSPS) is 11.2. The minimum Gasteiger partial charge on any atom is -0.383 e. The van der Waals surface area contributed by atoms with E-state index in [9.17, 15) is 13.6 Å². The van der Waals surface area contributed by atoms with Crippen molar-refractivity contribution in [1.29, 1.82) is 0 Å². The summed E-state index contributed by atoms with van der Waals surface area (Å²) in [7, 11) is 3.66. The van der Waals surface area contributed by atoms with E-state index < -0.39 is 17.5 Å². The number of nitrogens with two attached hydrogens (primary N) is 1. The van der Waals surface area contributed by atoms with Gasteiger partial charge in [-0.2, -0.15) is 0 Å². The van der Waals surface area contributed by atoms with E-state index in [1.54, 1.807) is 34.8 Å². The number of nitrogen functional groups attached to an aromatic ring is 1. The fourth-order valence-electron chi connectivity index (χ4n) is 3.98. The van der Waals surface area contributed by atoms with Crippen LogP contribution in [0.5, 0.6) is 0 Å². The van der Waals surface area contributed by atoms with Crippen LogP contribution >= 0.6 is 11.3 Å². The van der Waals surface area contributed by atoms with Gasteiger partial charge in [0.15, 0.2) is 11.6 Å². The van der Waals surface area contributed by atoms with Crippen LogP contribution in [-0.4, -0.2) is 46.2 Å². The Labute approximate surface area is 238 Å². The monoisotopic (exact) mass is 572 g/mol. The van der Waals surface area contributed by atoms with Gasteiger partial charge in [0.05, 0.1) is 35.8 Å². The second kappa shape index (κ2) is 12.0. The van der Waals surface area contributed by atoms with Gasteiger partial charge in [0.2, 0.25) is 0 Å². The molecule has 0 fully saturated rings. The first-order valence-electron chi connectivity index (χ1n) is 12.5. The van der Waals surface area contributed by atoms with Gasteiger partial charge in [-0.05, 0) is 53.6 Å². The lowest BCUT2D eigenvalue weighted by Gasteiger charge is -2.12. The number of anilines is 2. The van der Waals surface area contributed by atoms with Crippen molar-refractivity contribution in [1.82, 2.24) is 25.2 Å². The average Bonchev–Trinajstić information content (AvgIpc) is 3.45. The fourth-order valence-corrected chi connectivity index (χ4v) is 4.92. The maximum atomic E-state index is 13.6. The number of rotatable bonds is 9. The molecule has 0 atom stereocenters. The molecule has 3 aromatic heterocycles. The lowest BCUT2D eigenvalue weighted by molar-refractivity contribution is 0.0951. The molecule has 4 N–H and O–H groups in total. The number of aliphatic imine (C=N–C) groups is 1. The number of hydrogen-bond donors (Lipinski definition) is 3. The molecule has 0 unspecified atom stereocenters. The third-order valence-electron chi connectivity index (χ3n) is 6.04. The summed E-state index contributed by atoms with van der Waals surface area (Å²) in [5.41, 5.74) is 8.98. The number of halogens is 2. The van der Waals surface area contributed by atoms with Crippen LogP contribution in [0.15, 0.2) is 72.1 Å². The Bertz CT molecular complexity index is 1750. The van der Waals surface area contributed by atoms with Crippen molar-refractivity contribution in [2.75, 3.05) is 25.1 Å². The molecule has 0 saturated heterocycles. The van der Waals surface area contributed by atoms with E-state index in [0.717, 1.165) is 38.4 Å². The minimum atomic E-state index is -0.975. The zero-order valence-corrected chi connectivity index (χ0v) is 23.0. The van der Waals surface area contributed by atoms with Crippen LogP contribution in [-0.2, 0) is 13.1 Å². The predicted octanol–water partition coefficient (Wildman–Crippen LogP) is 5.38. The average molecular weight is 573 g/mol. The van der Waals surface area contributed by atoms with E-state index in [1.807, 2.05) is 44.4 Å². The second-order valence-corrected chi connectivity index (χ2v) is 10.5. The Balaban J connectivity index is 1.34. The summed E-state index contributed by atoms with van der Waals surface area (Å²) in [6.45, 7) is 0.427. The number of carbonyl (C=O) groups is 1. The summed E-state index contributed by atoms with van der Waals surface area (Å²) in [5, 5.41) is 6.79. The quantitative estimate of drug-likeness (QED) is 0.160. The summed E-state index contributed by atoms with van der Waals surface area (Å²) < 4.78 is 26.9. The van der Waals surface area contributed by atoms with Crippen LogP contribution in [0.2, 0.25) is 0 Å². The van der Waals surface area contributed by atoms with E-state index in [4.69, 9.17) is 5.73 Å². The summed E-state index contributed by atoms with van der Waals surface area (Å²) >= 11 is 1.59. The topological polar surface area (TPSA) is 121 Å². The van der Waals surface area contributed by atoms with E-state index in [1.165, 1.54) is 12.4 Å². The Kier molecular flexibility index (Phi) is 8.11. The minimum absolute atomic E-state index is 0.0102. The number of pyridine rings is 1. The molecule has 0 aliphatic rings. The van der Waals surface area contributed by atoms with Crippen LogP contribution in [0.3, 0.4) is 0 Å². The first kappa shape index (κ1) is 27.6. The van der Waals surface area contributed by atoms with Gasteiger partial charge in [-0.15, -0.1) is 11.3 Å². The number of nitrogens with one attached hydrogen (secondary N) is 2. The van der Waals surface area contributed by atoms with E-state index in [0.29, 0.717) is 29.4 Å². The van der Waals surface area contributed by atoms with Crippen LogP contribution in [0.25, 0.3) is 21.3 Å². The van der Waals surface area contributed by atoms with Gasteiger partial charge < -0.3 is 21.3 Å². The molecule has 12 heteroatoms. The maximum absolute atomic E-state index is 13.6. The van der Waals surface area contributed by atoms with Crippen LogP contribution in [0, 0.1) is 11.6 Å². The molecule has 5 rings (SSSR count). The number of benzene rings is 2. The van der Waals surface area contributed by atoms with Crippen LogP contribution in [0.1, 0.15) is 20.8 Å². The number of amides is 1. The van der Waals surface area contributed by atoms with Gasteiger partial charge >= 0.3 is 0 Å². The zero-order valence-electron chi connectivity index (χ0n) is 22.2. The molecule has 2 aromatic carbocycles. The largest absolute Gasteiger partial charge is 0.383 e. The molecule has 9 nitrogen and oxygen atoms in total. The van der Waals surface area contributed by atoms with Crippen molar-refractivity contribution in [2.45, 2.75) is 13.1 Å². The number of aromatic nitrogens is 3. The highest BCUT2D eigenvalue weighted by Gasteiger charge is 2.15. The smallest absolute Gasteiger partial charge is 0.255 e. The molecule has 5 aromatic rings. The van der Waals surface area contributed by atoms with Crippen molar-refractivity contribution in [3.63, 3.8) is 0 Å². The highest BCUT2D eigenvalue weighted by Crippen LogP contribution is 2.32. The van der Waals surface area contributed by atoms with Crippen LogP contribution in [0.4, 0.5) is 26.1 Å². The van der Waals surface area contributed by atoms with Crippen LogP contribution < -0.4 is 16.4 Å². The Morgan fingerprint density at radius 3 is 2.68 bits per heavy atom. The van der Waals surface area contributed by atoms with Crippen molar-refractivity contribution < 1.29 is 13.6 Å². The summed E-state index contributed by atoms with van der Waals surface area (Å²) in [5.74, 6) is -1.57. The second-order valence-electron chi connectivity index (χ2n) is 9.34. The Morgan fingerprint density at radius 1 is 1.02 bits per heavy atom. The highest BCUT2D eigenvalue weighted by atomic mass is 32.1. The van der Waals surface area contributed by atoms with Crippen molar-refractivity contribution >= 4 is 51.8 Å². The number of carbonyl (C=O) groups excluding carboxylic acids is 1. The predicted molar refractivity (Wildman–Crippen MR) is 158 cm³/mol. The number of thiophene rings is 1. The highest BCUT2D eigenvalue weighted by molar-refractivity contribution is 7.15. The third kappa shape index (κ3) is 6.61. The number of nitrogens with zero attached hydrogens (tertiary/aromatic N) is 5. The molecule has 1 amide bonds. The first-order chi connectivity index (χ1) is 19.8. The molecule has 0 radical (unpaired) electrons. The van der Waals surface area contributed by atoms with Gasteiger partial charge in [0.25, 0.3) is 5.91 Å². The molecule has 0 bridgehead atoms. The maximum Gasteiger partial charge on any atom is 0.255 e. The van der Waals surface area contributed by atoms with Gasteiger partial charge in [0.1, 0.15) is 18.0 Å². The number of hydrogen-bond acceptors (Lipinski definition) is 8. The number of fused-ring (bicyclic) bond motifs is 1. The molecule has 41 heavy (non-hydrogen) atoms. The summed E-state index contributed by atoms with van der Waals surface area (Å²) in [6.07, 6.45) is 4.61. The van der Waals surface area contributed by atoms with Gasteiger partial charge in [0, 0.05) is 35.8 Å². The standard InChI is InChI=1S/C29H26F2N8OS/c1-39(2)16-38-19-11-22(29(40)35-12-17-3-6-23(30)24(31)9-17)28(33-13-19)34-14-20-5-8-26(41-20)18-4-7-25-21(10-18)27(32)37-15-36-25/h3-11,13,15-16H,12,14H2,1-2H3,(H,33,34)(H,35,40)(H2,32,36,37). The van der Waals surface area contributed by atoms with E-state index in [-0.39, 0.29) is 12.1 Å². The third-order valence-corrected chi connectivity index (χ3v) is 7.17. The summed E-state index contributed by atoms with van der Waals surface area (Å²) in [6, 6.07) is 15.0. The van der Waals surface area contributed by atoms with Gasteiger partial charge in [-0.3, -0.25) is 4.79 Å². The lowest BCUT2D eigenvalue weighted by Crippen LogP contribution is -2.24. The molecule has 0 aliphatic carbocycles. The lowest BCUT2D eigenvalue weighted by atomic mass is 10.1. The Morgan fingerprint density at radius 2 is 1.88 bits per heavy atom. The van der Waals surface area contributed by atoms with E-state index >= 15 is 0 Å². The summed E-state index contributed by atoms with van der Waals surface area (Å²) in [4.78, 5) is 34.1. The Hall–Kier alpha value is -4.97. The van der Waals surface area contributed by atoms with Gasteiger partial charge in [-0.1, -0.05) is 12.1 Å². The molecule has 0 aliphatic heterocycles. The SMILES string of the molecule is CN(C)C=Nc1cnc(NCc2ccc(-c3ccc4ncnc(N)c4c3)s2)c(C(=O)NCc2ccc(F)c(F)c2)c1. The molecular formula is C29H26F2N8OS. The van der Waals surface area contributed by atoms with Crippen molar-refractivity contribution in [3.8, 4) is 10.4 Å². The van der Waals surface area contributed by atoms with E-state index in [2.05, 4.69) is 30.6 Å². The fraction of sp³-hybridized carbons (Fsp3) is 0.138. The molecular weight excluding hydrogens is 546 g/mol. The molecule has 0 spiro atoms. The van der Waals surface area contributed by atoms with Crippen molar-refractivity contribution in [3.05, 3.63) is 94.8 Å². The molecule has 3 heterocycles. The zero-order chi connectivity index (χ0) is 28.9. The molecule has 0 saturated carbocycles. The first-order valence-corrected chi connectivity index (χ1v) is 13.3. The molecule has 208 valence electrons.